The van der Waals surface area contributed by atoms with Gasteiger partial charge in [0.2, 0.25) is 0 Å². The summed E-state index contributed by atoms with van der Waals surface area (Å²) in [6.07, 6.45) is 1.75. The molecule has 0 fully saturated rings. The van der Waals surface area contributed by atoms with Gasteiger partial charge in [-0.25, -0.2) is 4.39 Å². The minimum atomic E-state index is -0.351. The molecule has 0 aliphatic carbocycles. The van der Waals surface area contributed by atoms with E-state index in [2.05, 4.69) is 38.1 Å². The molecule has 0 nitrogen and oxygen atoms in total. The zero-order valence-corrected chi connectivity index (χ0v) is 12.0. The van der Waals surface area contributed by atoms with E-state index in [-0.39, 0.29) is 10.8 Å². The van der Waals surface area contributed by atoms with Crippen LogP contribution >= 0.6 is 11.6 Å². The van der Waals surface area contributed by atoms with Crippen LogP contribution in [0.15, 0.2) is 42.5 Å². The molecule has 0 heterocycles. The maximum atomic E-state index is 13.4. The average molecular weight is 277 g/mol. The Morgan fingerprint density at radius 2 is 1.63 bits per heavy atom. The lowest BCUT2D eigenvalue weighted by Crippen LogP contribution is -1.95. The zero-order chi connectivity index (χ0) is 13.8. The molecule has 0 atom stereocenters. The monoisotopic (exact) mass is 276 g/mol. The predicted molar refractivity (Wildman–Crippen MR) is 79.2 cm³/mol. The third-order valence-corrected chi connectivity index (χ3v) is 3.52. The van der Waals surface area contributed by atoms with Gasteiger partial charge in [0.15, 0.2) is 0 Å². The summed E-state index contributed by atoms with van der Waals surface area (Å²) in [6.45, 7) is 4.42. The fourth-order valence-corrected chi connectivity index (χ4v) is 2.36. The van der Waals surface area contributed by atoms with E-state index in [1.165, 1.54) is 11.6 Å². The van der Waals surface area contributed by atoms with Crippen LogP contribution in [0.1, 0.15) is 30.5 Å². The van der Waals surface area contributed by atoms with Gasteiger partial charge in [-0.3, -0.25) is 0 Å². The van der Waals surface area contributed by atoms with Crippen molar-refractivity contribution in [2.45, 2.75) is 26.7 Å². The topological polar surface area (TPSA) is 0 Å². The third kappa shape index (κ3) is 3.81. The van der Waals surface area contributed by atoms with Gasteiger partial charge >= 0.3 is 0 Å². The summed E-state index contributed by atoms with van der Waals surface area (Å²) in [5, 5.41) is 0.230. The van der Waals surface area contributed by atoms with Gasteiger partial charge in [0.1, 0.15) is 5.82 Å². The molecule has 2 aromatic carbocycles. The Labute approximate surface area is 119 Å². The number of benzene rings is 2. The highest BCUT2D eigenvalue weighted by atomic mass is 35.5. The first-order valence-corrected chi connectivity index (χ1v) is 6.94. The molecule has 2 rings (SSSR count). The average Bonchev–Trinajstić information content (AvgIpc) is 2.37. The summed E-state index contributed by atoms with van der Waals surface area (Å²) in [6, 6.07) is 13.4. The second-order valence-electron chi connectivity index (χ2n) is 5.30. The molecule has 0 unspecified atom stereocenters. The molecule has 0 bridgehead atoms. The van der Waals surface area contributed by atoms with Crippen molar-refractivity contribution in [1.82, 2.24) is 0 Å². The van der Waals surface area contributed by atoms with Gasteiger partial charge in [-0.2, -0.15) is 0 Å². The molecule has 0 aromatic heterocycles. The molecule has 0 radical (unpaired) electrons. The molecular formula is C17H18ClF. The predicted octanol–water partition coefficient (Wildman–Crippen LogP) is 5.27. The number of halogens is 2. The Bertz CT molecular complexity index is 544. The van der Waals surface area contributed by atoms with Crippen LogP contribution < -0.4 is 0 Å². The summed E-state index contributed by atoms with van der Waals surface area (Å²) in [4.78, 5) is 0. The molecule has 2 aromatic rings. The van der Waals surface area contributed by atoms with Crippen LogP contribution in [0.2, 0.25) is 5.02 Å². The Kier molecular flexibility index (Phi) is 4.60. The van der Waals surface area contributed by atoms with Crippen LogP contribution in [-0.4, -0.2) is 0 Å². The normalized spacial score (nSPS) is 11.0. The van der Waals surface area contributed by atoms with Gasteiger partial charge in [0.25, 0.3) is 0 Å². The van der Waals surface area contributed by atoms with E-state index in [1.807, 2.05) is 6.07 Å². The van der Waals surface area contributed by atoms with Crippen LogP contribution in [0.3, 0.4) is 0 Å². The van der Waals surface area contributed by atoms with E-state index in [4.69, 9.17) is 11.6 Å². The van der Waals surface area contributed by atoms with Crippen molar-refractivity contribution in [2.75, 3.05) is 0 Å². The first-order valence-electron chi connectivity index (χ1n) is 6.57. The van der Waals surface area contributed by atoms with Gasteiger partial charge in [-0.15, -0.1) is 0 Å². The third-order valence-electron chi connectivity index (χ3n) is 3.09. The largest absolute Gasteiger partial charge is 0.205 e. The van der Waals surface area contributed by atoms with E-state index >= 15 is 0 Å². The molecule has 0 spiro atoms. The van der Waals surface area contributed by atoms with Crippen LogP contribution in [-0.2, 0) is 12.8 Å². The molecule has 19 heavy (non-hydrogen) atoms. The number of rotatable bonds is 4. The maximum absolute atomic E-state index is 13.4. The van der Waals surface area contributed by atoms with E-state index in [0.717, 1.165) is 17.5 Å². The minimum absolute atomic E-state index is 0.230. The van der Waals surface area contributed by atoms with Gasteiger partial charge < -0.3 is 0 Å². The van der Waals surface area contributed by atoms with E-state index in [0.29, 0.717) is 12.3 Å². The van der Waals surface area contributed by atoms with Crippen molar-refractivity contribution in [3.05, 3.63) is 70.0 Å². The molecule has 100 valence electrons. The van der Waals surface area contributed by atoms with Gasteiger partial charge in [-0.1, -0.05) is 61.8 Å². The molecular weight excluding hydrogens is 259 g/mol. The second kappa shape index (κ2) is 6.21. The second-order valence-corrected chi connectivity index (χ2v) is 5.68. The standard InChI is InChI=1S/C17H18ClF/c1-12(2)10-13-6-8-14(9-7-13)11-15-4-3-5-16(19)17(15)18/h3-9,12H,10-11H2,1-2H3. The fraction of sp³-hybridized carbons (Fsp3) is 0.294. The summed E-state index contributed by atoms with van der Waals surface area (Å²) < 4.78 is 13.4. The summed E-state index contributed by atoms with van der Waals surface area (Å²) in [5.41, 5.74) is 3.32. The van der Waals surface area contributed by atoms with Crippen molar-refractivity contribution >= 4 is 11.6 Å². The molecule has 0 saturated carbocycles. The Morgan fingerprint density at radius 1 is 1.00 bits per heavy atom. The first kappa shape index (κ1) is 14.1. The highest BCUT2D eigenvalue weighted by molar-refractivity contribution is 6.31. The van der Waals surface area contributed by atoms with Crippen LogP contribution in [0, 0.1) is 11.7 Å². The molecule has 2 heteroatoms. The van der Waals surface area contributed by atoms with Crippen molar-refractivity contribution < 1.29 is 4.39 Å². The quantitative estimate of drug-likeness (QED) is 0.714. The lowest BCUT2D eigenvalue weighted by molar-refractivity contribution is 0.626. The van der Waals surface area contributed by atoms with E-state index in [1.54, 1.807) is 6.07 Å². The molecule has 0 aliphatic heterocycles. The van der Waals surface area contributed by atoms with Gasteiger partial charge in [0.05, 0.1) is 5.02 Å². The lowest BCUT2D eigenvalue weighted by Gasteiger charge is -2.08. The highest BCUT2D eigenvalue weighted by Gasteiger charge is 2.06. The fourth-order valence-electron chi connectivity index (χ4n) is 2.17. The Hall–Kier alpha value is -1.34. The molecule has 0 aliphatic rings. The Balaban J connectivity index is 2.13. The summed E-state index contributed by atoms with van der Waals surface area (Å²) >= 11 is 5.97. The molecule has 0 saturated heterocycles. The van der Waals surface area contributed by atoms with Crippen molar-refractivity contribution in [1.29, 1.82) is 0 Å². The van der Waals surface area contributed by atoms with Gasteiger partial charge in [-0.05, 0) is 41.5 Å². The number of hydrogen-bond acceptors (Lipinski definition) is 0. The minimum Gasteiger partial charge on any atom is -0.205 e. The summed E-state index contributed by atoms with van der Waals surface area (Å²) in [7, 11) is 0. The Morgan fingerprint density at radius 3 is 2.26 bits per heavy atom. The first-order chi connectivity index (χ1) is 9.06. The SMILES string of the molecule is CC(C)Cc1ccc(Cc2cccc(F)c2Cl)cc1. The van der Waals surface area contributed by atoms with Crippen molar-refractivity contribution in [3.8, 4) is 0 Å². The van der Waals surface area contributed by atoms with Gasteiger partial charge in [0, 0.05) is 0 Å². The zero-order valence-electron chi connectivity index (χ0n) is 11.3. The van der Waals surface area contributed by atoms with Crippen LogP contribution in [0.25, 0.3) is 0 Å². The van der Waals surface area contributed by atoms with E-state index in [9.17, 15) is 4.39 Å². The van der Waals surface area contributed by atoms with Crippen molar-refractivity contribution in [2.24, 2.45) is 5.92 Å². The number of hydrogen-bond donors (Lipinski definition) is 0. The van der Waals surface area contributed by atoms with Crippen LogP contribution in [0.4, 0.5) is 4.39 Å². The maximum Gasteiger partial charge on any atom is 0.142 e. The smallest absolute Gasteiger partial charge is 0.142 e. The lowest BCUT2D eigenvalue weighted by atomic mass is 9.99. The molecule has 0 amide bonds. The summed E-state index contributed by atoms with van der Waals surface area (Å²) in [5.74, 6) is 0.305. The molecule has 0 N–H and O–H groups in total. The van der Waals surface area contributed by atoms with E-state index < -0.39 is 0 Å². The van der Waals surface area contributed by atoms with Crippen molar-refractivity contribution in [3.63, 3.8) is 0 Å². The highest BCUT2D eigenvalue weighted by Crippen LogP contribution is 2.22. The van der Waals surface area contributed by atoms with Crippen LogP contribution in [0.5, 0.6) is 0 Å².